The van der Waals surface area contributed by atoms with E-state index in [1.54, 1.807) is 0 Å². The first-order chi connectivity index (χ1) is 29.8. The average Bonchev–Trinajstić information content (AvgIpc) is 3.29. The molecule has 0 spiro atoms. The SMILES string of the molecule is c1ccc2c(c1)COCCCOCCCOCCCOCCCOCCCOc1ccccc1COc1ccccc1COc1ccccc1COc1ccccc1CO2. The number of hydrogen-bond donors (Lipinski definition) is 0. The van der Waals surface area contributed by atoms with Crippen LogP contribution in [-0.2, 0) is 56.7 Å². The Labute approximate surface area is 355 Å². The van der Waals surface area contributed by atoms with Crippen LogP contribution >= 0.6 is 0 Å². The smallest absolute Gasteiger partial charge is 0.126 e. The molecule has 0 radical (unpaired) electrons. The minimum atomic E-state index is 0.325. The van der Waals surface area contributed by atoms with Crippen LogP contribution in [0.4, 0.5) is 0 Å². The lowest BCUT2D eigenvalue weighted by Gasteiger charge is -2.17. The second-order valence-corrected chi connectivity index (χ2v) is 14.3. The lowest BCUT2D eigenvalue weighted by atomic mass is 10.2. The van der Waals surface area contributed by atoms with E-state index in [-0.39, 0.29) is 0 Å². The van der Waals surface area contributed by atoms with Gasteiger partial charge in [-0.1, -0.05) is 91.0 Å². The minimum Gasteiger partial charge on any atom is -0.493 e. The van der Waals surface area contributed by atoms with Crippen LogP contribution in [0.5, 0.6) is 28.7 Å². The number of benzene rings is 5. The summed E-state index contributed by atoms with van der Waals surface area (Å²) in [7, 11) is 0. The van der Waals surface area contributed by atoms with Gasteiger partial charge >= 0.3 is 0 Å². The van der Waals surface area contributed by atoms with Crippen LogP contribution < -0.4 is 23.7 Å². The summed E-state index contributed by atoms with van der Waals surface area (Å²) in [4.78, 5) is 0. The highest BCUT2D eigenvalue weighted by molar-refractivity contribution is 5.39. The van der Waals surface area contributed by atoms with E-state index in [2.05, 4.69) is 0 Å². The van der Waals surface area contributed by atoms with Crippen molar-refractivity contribution in [3.63, 3.8) is 0 Å². The molecule has 0 saturated carbocycles. The van der Waals surface area contributed by atoms with Crippen LogP contribution in [0, 0.1) is 0 Å². The fourth-order valence-electron chi connectivity index (χ4n) is 6.43. The van der Waals surface area contributed by atoms with Crippen LogP contribution in [0.1, 0.15) is 59.9 Å². The standard InChI is InChI=1S/C50H60O10/c1-7-22-47-41(16-1)36-55-34-14-32-53-30-12-28-51-26-11-27-52-29-13-31-54-33-15-35-56-46-21-6-2-17-42(46)37-58-48-23-8-4-19-44(48)39-60-50-25-10-5-20-45(50)40-59-49-24-9-3-18-43(49)38-57-47/h1-10,16-25H,11-15,26-40H2. The molecule has 60 heavy (non-hydrogen) atoms. The molecule has 320 valence electrons. The third-order valence-corrected chi connectivity index (χ3v) is 9.65. The third kappa shape index (κ3) is 15.8. The summed E-state index contributed by atoms with van der Waals surface area (Å²) in [5.74, 6) is 3.83. The van der Waals surface area contributed by atoms with Gasteiger partial charge < -0.3 is 47.4 Å². The molecule has 0 fully saturated rings. The first-order valence-electron chi connectivity index (χ1n) is 21.3. The molecule has 0 bridgehead atoms. The summed E-state index contributed by atoms with van der Waals surface area (Å²) in [6.07, 6.45) is 4.19. The van der Waals surface area contributed by atoms with Gasteiger partial charge in [-0.25, -0.2) is 0 Å². The van der Waals surface area contributed by atoms with E-state index in [0.29, 0.717) is 99.1 Å². The van der Waals surface area contributed by atoms with Crippen molar-refractivity contribution in [1.29, 1.82) is 0 Å². The predicted octanol–water partition coefficient (Wildman–Crippen LogP) is 9.93. The normalized spacial score (nSPS) is 17.0. The number of fused-ring (bicyclic) bond motifs is 5. The van der Waals surface area contributed by atoms with E-state index in [1.165, 1.54) is 0 Å². The zero-order valence-corrected chi connectivity index (χ0v) is 34.8. The van der Waals surface area contributed by atoms with Crippen molar-refractivity contribution in [2.45, 2.75) is 65.1 Å². The zero-order valence-electron chi connectivity index (χ0n) is 34.8. The molecule has 5 aromatic carbocycles. The van der Waals surface area contributed by atoms with Gasteiger partial charge in [0.1, 0.15) is 55.2 Å². The highest BCUT2D eigenvalue weighted by atomic mass is 16.5. The molecule has 10 heteroatoms. The minimum absolute atomic E-state index is 0.325. The Morgan fingerprint density at radius 3 is 0.767 bits per heavy atom. The first kappa shape index (κ1) is 44.5. The van der Waals surface area contributed by atoms with Crippen molar-refractivity contribution in [2.24, 2.45) is 0 Å². The topological polar surface area (TPSA) is 92.3 Å². The molecule has 1 aliphatic rings. The summed E-state index contributed by atoms with van der Waals surface area (Å²) in [5, 5.41) is 0. The molecular formula is C50H60O10. The largest absolute Gasteiger partial charge is 0.493 e. The molecule has 0 amide bonds. The molecule has 0 aromatic heterocycles. The lowest BCUT2D eigenvalue weighted by molar-refractivity contribution is 0.0469. The van der Waals surface area contributed by atoms with E-state index in [1.807, 2.05) is 121 Å². The van der Waals surface area contributed by atoms with Gasteiger partial charge in [0.25, 0.3) is 0 Å². The molecule has 5 aromatic rings. The van der Waals surface area contributed by atoms with Crippen molar-refractivity contribution in [3.05, 3.63) is 149 Å². The van der Waals surface area contributed by atoms with Gasteiger partial charge in [0, 0.05) is 93.7 Å². The highest BCUT2D eigenvalue weighted by Crippen LogP contribution is 2.29. The Kier molecular flexibility index (Phi) is 19.9. The fraction of sp³-hybridized carbons (Fsp3) is 0.400. The van der Waals surface area contributed by atoms with Crippen LogP contribution in [0.25, 0.3) is 0 Å². The molecule has 6 rings (SSSR count). The Bertz CT molecular complexity index is 1800. The van der Waals surface area contributed by atoms with Gasteiger partial charge in [0.05, 0.1) is 13.2 Å². The Morgan fingerprint density at radius 2 is 0.450 bits per heavy atom. The molecule has 1 aliphatic heterocycles. The van der Waals surface area contributed by atoms with Gasteiger partial charge in [0.2, 0.25) is 0 Å². The molecule has 1 heterocycles. The summed E-state index contributed by atoms with van der Waals surface area (Å²) in [6.45, 7) is 8.29. The molecule has 0 atom stereocenters. The van der Waals surface area contributed by atoms with Crippen molar-refractivity contribution in [2.75, 3.05) is 66.1 Å². The van der Waals surface area contributed by atoms with Crippen LogP contribution in [0.3, 0.4) is 0 Å². The third-order valence-electron chi connectivity index (χ3n) is 9.65. The maximum atomic E-state index is 6.41. The van der Waals surface area contributed by atoms with Crippen molar-refractivity contribution in [3.8, 4) is 28.7 Å². The lowest BCUT2D eigenvalue weighted by Crippen LogP contribution is -2.09. The maximum absolute atomic E-state index is 6.41. The average molecular weight is 821 g/mol. The first-order valence-corrected chi connectivity index (χ1v) is 21.3. The zero-order chi connectivity index (χ0) is 41.1. The van der Waals surface area contributed by atoms with Gasteiger partial charge in [-0.2, -0.15) is 0 Å². The summed E-state index contributed by atoms with van der Waals surface area (Å²) in [6, 6.07) is 39.8. The Balaban J connectivity index is 1.06. The van der Waals surface area contributed by atoms with Gasteiger partial charge in [-0.3, -0.25) is 0 Å². The summed E-state index contributed by atoms with van der Waals surface area (Å²) in [5.41, 5.74) is 4.77. The molecule has 0 aliphatic carbocycles. The van der Waals surface area contributed by atoms with Crippen molar-refractivity contribution < 1.29 is 47.4 Å². The number of ether oxygens (including phenoxy) is 10. The second-order valence-electron chi connectivity index (χ2n) is 14.3. The van der Waals surface area contributed by atoms with Gasteiger partial charge in [0.15, 0.2) is 0 Å². The van der Waals surface area contributed by atoms with E-state index in [4.69, 9.17) is 47.4 Å². The molecule has 0 unspecified atom stereocenters. The fourth-order valence-corrected chi connectivity index (χ4v) is 6.43. The molecule has 0 saturated heterocycles. The van der Waals surface area contributed by atoms with E-state index < -0.39 is 0 Å². The second kappa shape index (κ2) is 26.9. The predicted molar refractivity (Wildman–Crippen MR) is 231 cm³/mol. The quantitative estimate of drug-likeness (QED) is 0.150. The van der Waals surface area contributed by atoms with Crippen LogP contribution in [0.15, 0.2) is 121 Å². The number of para-hydroxylation sites is 5. The molecule has 10 nitrogen and oxygen atoms in total. The van der Waals surface area contributed by atoms with E-state index in [9.17, 15) is 0 Å². The molecular weight excluding hydrogens is 761 g/mol. The Hall–Kier alpha value is -5.10. The van der Waals surface area contributed by atoms with E-state index in [0.717, 1.165) is 88.7 Å². The van der Waals surface area contributed by atoms with Crippen molar-refractivity contribution in [1.82, 2.24) is 0 Å². The summed E-state index contributed by atoms with van der Waals surface area (Å²) >= 11 is 0. The molecule has 0 N–H and O–H groups in total. The van der Waals surface area contributed by atoms with Gasteiger partial charge in [-0.05, 0) is 56.0 Å². The number of hydrogen-bond acceptors (Lipinski definition) is 10. The number of rotatable bonds is 0. The van der Waals surface area contributed by atoms with Crippen molar-refractivity contribution >= 4 is 0 Å². The summed E-state index contributed by atoms with van der Waals surface area (Å²) < 4.78 is 60.8. The van der Waals surface area contributed by atoms with E-state index >= 15 is 0 Å². The van der Waals surface area contributed by atoms with Crippen LogP contribution in [-0.4, -0.2) is 66.1 Å². The maximum Gasteiger partial charge on any atom is 0.126 e. The Morgan fingerprint density at radius 1 is 0.217 bits per heavy atom. The highest BCUT2D eigenvalue weighted by Gasteiger charge is 2.12. The van der Waals surface area contributed by atoms with Crippen LogP contribution in [0.2, 0.25) is 0 Å². The van der Waals surface area contributed by atoms with Gasteiger partial charge in [-0.15, -0.1) is 0 Å². The monoisotopic (exact) mass is 820 g/mol.